The summed E-state index contributed by atoms with van der Waals surface area (Å²) in [6.45, 7) is 10.5. The molecule has 44 heavy (non-hydrogen) atoms. The number of carbonyl (C=O) groups excluding carboxylic acids is 3. The average Bonchev–Trinajstić information content (AvgIpc) is 3.59. The van der Waals surface area contributed by atoms with E-state index in [1.807, 2.05) is 24.5 Å². The van der Waals surface area contributed by atoms with Gasteiger partial charge in [-0.25, -0.2) is 24.0 Å². The van der Waals surface area contributed by atoms with Crippen LogP contribution in [0.2, 0.25) is 5.02 Å². The summed E-state index contributed by atoms with van der Waals surface area (Å²) in [4.78, 5) is 61.2. The Balaban J connectivity index is 0.000000517. The van der Waals surface area contributed by atoms with Crippen LogP contribution in [0.25, 0.3) is 0 Å². The molecule has 1 aliphatic rings. The fourth-order valence-electron chi connectivity index (χ4n) is 3.72. The molecule has 0 spiro atoms. The average molecular weight is 662 g/mol. The van der Waals surface area contributed by atoms with Crippen molar-refractivity contribution in [1.82, 2.24) is 15.7 Å². The molecule has 1 aromatic carbocycles. The number of rotatable bonds is 14. The van der Waals surface area contributed by atoms with Gasteiger partial charge in [0.15, 0.2) is 6.04 Å². The van der Waals surface area contributed by atoms with Gasteiger partial charge in [0.05, 0.1) is 0 Å². The molecule has 13 nitrogen and oxygen atoms in total. The number of nitrogens with zero attached hydrogens (tertiary/aromatic N) is 1. The smallest absolute Gasteiger partial charge is 0.468 e. The summed E-state index contributed by atoms with van der Waals surface area (Å²) in [5.41, 5.74) is -0.388. The number of hydrogen-bond acceptors (Lipinski definition) is 9. The predicted molar refractivity (Wildman–Crippen MR) is 166 cm³/mol. The van der Waals surface area contributed by atoms with Crippen LogP contribution in [0.5, 0.6) is 0 Å². The normalized spacial score (nSPS) is 14.5. The lowest BCUT2D eigenvalue weighted by molar-refractivity contribution is -0.144. The van der Waals surface area contributed by atoms with Gasteiger partial charge in [0.2, 0.25) is 0 Å². The van der Waals surface area contributed by atoms with Crippen LogP contribution >= 0.6 is 23.4 Å². The molecule has 1 fully saturated rings. The topological polar surface area (TPSA) is 184 Å². The fourth-order valence-corrected chi connectivity index (χ4v) is 4.41. The van der Waals surface area contributed by atoms with Crippen LogP contribution in [0.3, 0.4) is 0 Å². The van der Waals surface area contributed by atoms with E-state index in [1.54, 1.807) is 47.6 Å². The number of halogens is 1. The zero-order valence-electron chi connectivity index (χ0n) is 26.2. The standard InChI is InChI=1S/C19H25ClN2O6.C10H19NO4S/c1-19(2,3)27-17(25)21-13(11-12-7-4-5-9-14(12)20)8-6-10-15(16(23)24)22-18(26)28-22;1-10(2,3)15-9(14)11-7(8(12)13)5-6-16-4/h4-5,7,9,13,15H,6,8,10-11H2,1-3H3,(H,21,25)(H,23,24);7H,5-6H2,1-4H3,(H,11,14)(H,12,13)/t13?,15-,22?;7-/m00/s1. The van der Waals surface area contributed by atoms with Gasteiger partial charge in [-0.05, 0) is 97.3 Å². The van der Waals surface area contributed by atoms with Crippen molar-refractivity contribution < 1.29 is 48.5 Å². The van der Waals surface area contributed by atoms with E-state index in [-0.39, 0.29) is 12.5 Å². The maximum Gasteiger partial charge on any atom is 0.468 e. The third-order valence-corrected chi connectivity index (χ3v) is 6.68. The first kappa shape index (κ1) is 38.6. The lowest BCUT2D eigenvalue weighted by Crippen LogP contribution is -2.43. The number of carboxylic acid groups (broad SMARTS) is 2. The van der Waals surface area contributed by atoms with E-state index in [2.05, 4.69) is 15.5 Å². The van der Waals surface area contributed by atoms with Gasteiger partial charge in [-0.3, -0.25) is 0 Å². The second kappa shape index (κ2) is 17.8. The summed E-state index contributed by atoms with van der Waals surface area (Å²) >= 11 is 7.75. The number of hydrogen-bond donors (Lipinski definition) is 4. The van der Waals surface area contributed by atoms with Gasteiger partial charge >= 0.3 is 30.2 Å². The Labute approximate surface area is 267 Å². The number of amides is 3. The number of ether oxygens (including phenoxy) is 2. The summed E-state index contributed by atoms with van der Waals surface area (Å²) in [6, 6.07) is 5.09. The molecule has 3 amide bonds. The highest BCUT2D eigenvalue weighted by Gasteiger charge is 2.45. The van der Waals surface area contributed by atoms with Gasteiger partial charge in [-0.1, -0.05) is 29.8 Å². The van der Waals surface area contributed by atoms with E-state index < -0.39 is 53.5 Å². The molecule has 3 atom stereocenters. The summed E-state index contributed by atoms with van der Waals surface area (Å²) in [6.07, 6.45) is 1.98. The maximum atomic E-state index is 12.2. The summed E-state index contributed by atoms with van der Waals surface area (Å²) in [5, 5.41) is 24.7. The van der Waals surface area contributed by atoms with Crippen LogP contribution in [-0.2, 0) is 30.3 Å². The Morgan fingerprint density at radius 1 is 0.932 bits per heavy atom. The lowest BCUT2D eigenvalue weighted by atomic mass is 9.99. The van der Waals surface area contributed by atoms with Gasteiger partial charge in [0.1, 0.15) is 17.2 Å². The molecule has 1 unspecified atom stereocenters. The van der Waals surface area contributed by atoms with Crippen LogP contribution in [0.1, 0.15) is 72.8 Å². The monoisotopic (exact) mass is 661 g/mol. The summed E-state index contributed by atoms with van der Waals surface area (Å²) in [7, 11) is 0. The Morgan fingerprint density at radius 2 is 1.48 bits per heavy atom. The SMILES string of the molecule is CC(C)(C)OC(=O)NC(CCC[C@@H](C(=O)O)N1OC1=O)Cc1ccccc1Cl.CSCC[C@H](NC(=O)OC(C)(C)C)C(=O)O. The largest absolute Gasteiger partial charge is 0.480 e. The van der Waals surface area contributed by atoms with Gasteiger partial charge in [-0.2, -0.15) is 11.8 Å². The highest BCUT2D eigenvalue weighted by atomic mass is 35.5. The van der Waals surface area contributed by atoms with E-state index in [0.29, 0.717) is 36.5 Å². The van der Waals surface area contributed by atoms with Crippen molar-refractivity contribution in [2.75, 3.05) is 12.0 Å². The molecular weight excluding hydrogens is 618 g/mol. The Bertz CT molecular complexity index is 1140. The zero-order chi connectivity index (χ0) is 33.7. The van der Waals surface area contributed by atoms with Crippen LogP contribution in [0.4, 0.5) is 14.4 Å². The van der Waals surface area contributed by atoms with E-state index >= 15 is 0 Å². The predicted octanol–water partition coefficient (Wildman–Crippen LogP) is 5.48. The fraction of sp³-hybridized carbons (Fsp3) is 0.621. The highest BCUT2D eigenvalue weighted by Crippen LogP contribution is 2.23. The summed E-state index contributed by atoms with van der Waals surface area (Å²) in [5.74, 6) is -1.50. The molecule has 0 saturated carbocycles. The molecule has 0 bridgehead atoms. The molecule has 15 heteroatoms. The van der Waals surface area contributed by atoms with Crippen molar-refractivity contribution in [3.05, 3.63) is 34.9 Å². The maximum absolute atomic E-state index is 12.2. The van der Waals surface area contributed by atoms with Gasteiger partial charge in [0.25, 0.3) is 0 Å². The van der Waals surface area contributed by atoms with Crippen LogP contribution < -0.4 is 10.6 Å². The van der Waals surface area contributed by atoms with E-state index in [4.69, 9.17) is 26.2 Å². The van der Waals surface area contributed by atoms with Crippen molar-refractivity contribution >= 4 is 53.6 Å². The molecule has 1 aliphatic heterocycles. The van der Waals surface area contributed by atoms with E-state index in [1.165, 1.54) is 11.8 Å². The third kappa shape index (κ3) is 16.5. The molecule has 0 aromatic heterocycles. The van der Waals surface area contributed by atoms with Crippen molar-refractivity contribution in [3.63, 3.8) is 0 Å². The van der Waals surface area contributed by atoms with Crippen LogP contribution in [0.15, 0.2) is 24.3 Å². The highest BCUT2D eigenvalue weighted by molar-refractivity contribution is 7.98. The summed E-state index contributed by atoms with van der Waals surface area (Å²) < 4.78 is 10.3. The molecule has 2 rings (SSSR count). The van der Waals surface area contributed by atoms with Crippen molar-refractivity contribution in [2.45, 2.75) is 103 Å². The molecule has 248 valence electrons. The number of nitrogens with one attached hydrogen (secondary N) is 2. The number of carbonyl (C=O) groups is 5. The van der Waals surface area contributed by atoms with Crippen molar-refractivity contribution in [3.8, 4) is 0 Å². The number of alkyl carbamates (subject to hydrolysis) is 2. The molecule has 0 aliphatic carbocycles. The molecule has 1 saturated heterocycles. The minimum absolute atomic E-state index is 0.204. The van der Waals surface area contributed by atoms with Gasteiger partial charge in [0, 0.05) is 11.1 Å². The minimum atomic E-state index is -1.13. The molecule has 1 heterocycles. The number of benzene rings is 1. The van der Waals surface area contributed by atoms with Crippen molar-refractivity contribution in [1.29, 1.82) is 0 Å². The van der Waals surface area contributed by atoms with Crippen LogP contribution in [0, 0.1) is 0 Å². The molecular formula is C29H44ClN3O10S. The lowest BCUT2D eigenvalue weighted by Gasteiger charge is -2.24. The second-order valence-corrected chi connectivity index (χ2v) is 13.3. The number of hydroxylamine groups is 2. The molecule has 4 N–H and O–H groups in total. The minimum Gasteiger partial charge on any atom is -0.480 e. The quantitative estimate of drug-likeness (QED) is 0.185. The molecule has 1 aromatic rings. The van der Waals surface area contributed by atoms with E-state index in [0.717, 1.165) is 10.6 Å². The first-order chi connectivity index (χ1) is 20.3. The number of thioether (sulfide) groups is 1. The van der Waals surface area contributed by atoms with Crippen molar-refractivity contribution in [2.24, 2.45) is 0 Å². The Morgan fingerprint density at radius 3 is 1.93 bits per heavy atom. The second-order valence-electron chi connectivity index (χ2n) is 11.9. The van der Waals surface area contributed by atoms with Crippen LogP contribution in [-0.4, -0.2) is 86.8 Å². The zero-order valence-corrected chi connectivity index (χ0v) is 27.8. The number of carboxylic acids is 2. The molecule has 0 radical (unpaired) electrons. The third-order valence-electron chi connectivity index (χ3n) is 5.67. The Hall–Kier alpha value is -3.39. The van der Waals surface area contributed by atoms with Gasteiger partial charge < -0.3 is 35.2 Å². The first-order valence-corrected chi connectivity index (χ1v) is 15.8. The van der Waals surface area contributed by atoms with Gasteiger partial charge in [-0.15, -0.1) is 5.06 Å². The number of aliphatic carboxylic acids is 2. The Kier molecular flexibility index (Phi) is 15.6. The first-order valence-electron chi connectivity index (χ1n) is 14.0. The van der Waals surface area contributed by atoms with E-state index in [9.17, 15) is 29.1 Å².